The van der Waals surface area contributed by atoms with Crippen molar-refractivity contribution in [3.05, 3.63) is 81.8 Å². The van der Waals surface area contributed by atoms with Gasteiger partial charge in [0.25, 0.3) is 11.8 Å². The highest BCUT2D eigenvalue weighted by molar-refractivity contribution is 7.15. The summed E-state index contributed by atoms with van der Waals surface area (Å²) in [4.78, 5) is 25.2. The monoisotopic (exact) mass is 552 g/mol. The zero-order valence-electron chi connectivity index (χ0n) is 21.0. The molecule has 2 heterocycles. The van der Waals surface area contributed by atoms with Gasteiger partial charge in [-0.1, -0.05) is 83.3 Å². The number of aromatic nitrogens is 4. The van der Waals surface area contributed by atoms with Crippen molar-refractivity contribution in [1.82, 2.24) is 20.4 Å². The molecule has 0 fully saturated rings. The van der Waals surface area contributed by atoms with Crippen molar-refractivity contribution in [3.8, 4) is 0 Å². The van der Waals surface area contributed by atoms with Crippen LogP contribution >= 0.6 is 22.7 Å². The van der Waals surface area contributed by atoms with E-state index in [0.717, 1.165) is 46.8 Å². The van der Waals surface area contributed by atoms with Crippen LogP contribution in [0.25, 0.3) is 0 Å². The predicted octanol–water partition coefficient (Wildman–Crippen LogP) is 4.61. The number of anilines is 2. The fourth-order valence-electron chi connectivity index (χ4n) is 3.75. The molecule has 2 aromatic carbocycles. The van der Waals surface area contributed by atoms with Crippen molar-refractivity contribution >= 4 is 44.8 Å². The molecule has 12 heteroatoms. The van der Waals surface area contributed by atoms with Crippen LogP contribution < -0.4 is 10.6 Å². The zero-order valence-corrected chi connectivity index (χ0v) is 22.6. The van der Waals surface area contributed by atoms with Crippen molar-refractivity contribution in [2.24, 2.45) is 0 Å². The van der Waals surface area contributed by atoms with Gasteiger partial charge in [-0.05, 0) is 24.0 Å². The molecule has 0 saturated heterocycles. The van der Waals surface area contributed by atoms with E-state index in [1.54, 1.807) is 0 Å². The van der Waals surface area contributed by atoms with E-state index in [0.29, 0.717) is 10.3 Å². The van der Waals surface area contributed by atoms with Crippen LogP contribution in [-0.4, -0.2) is 46.4 Å². The van der Waals surface area contributed by atoms with E-state index in [2.05, 4.69) is 31.0 Å². The molecule has 0 bridgehead atoms. The van der Waals surface area contributed by atoms with Gasteiger partial charge in [-0.15, -0.1) is 20.4 Å². The van der Waals surface area contributed by atoms with Crippen molar-refractivity contribution in [2.45, 2.75) is 37.9 Å². The van der Waals surface area contributed by atoms with Gasteiger partial charge in [0.15, 0.2) is 12.2 Å². The number of carbonyl (C=O) groups is 2. The number of hydrogen-bond acceptors (Lipinski definition) is 10. The lowest BCUT2D eigenvalue weighted by molar-refractivity contribution is -0.126. The summed E-state index contributed by atoms with van der Waals surface area (Å²) in [5, 5.41) is 24.7. The number of nitrogens with one attached hydrogen (secondary N) is 2. The Balaban J connectivity index is 1.20. The van der Waals surface area contributed by atoms with Crippen LogP contribution in [0.5, 0.6) is 0 Å². The van der Waals surface area contributed by atoms with Crippen molar-refractivity contribution < 1.29 is 19.1 Å². The molecule has 0 saturated carbocycles. The fraction of sp³-hybridized carbons (Fsp3) is 0.308. The standard InChI is InChI=1S/C26H28N6O4S2/c1-35-21(17-11-5-3-6-12-17)23(33)27-25-31-29-19(37-25)15-9-10-16-20-30-32-26(38-20)28-24(34)22(36-2)18-13-7-4-8-14-18/h3-8,11-14,21-22H,9-10,15-16H2,1-2H3,(H,27,31,33)(H,28,32,34)/t21-,22-/m0/s1. The molecule has 4 rings (SSSR count). The number of methoxy groups -OCH3 is 2. The number of hydrogen-bond donors (Lipinski definition) is 2. The molecule has 4 aromatic rings. The minimum absolute atomic E-state index is 0.291. The van der Waals surface area contributed by atoms with E-state index >= 15 is 0 Å². The lowest BCUT2D eigenvalue weighted by Gasteiger charge is -2.14. The van der Waals surface area contributed by atoms with Gasteiger partial charge in [-0.25, -0.2) is 0 Å². The molecule has 2 N–H and O–H groups in total. The number of unbranched alkanes of at least 4 members (excludes halogenated alkanes) is 1. The fourth-order valence-corrected chi connectivity index (χ4v) is 5.32. The van der Waals surface area contributed by atoms with E-state index in [1.807, 2.05) is 60.7 Å². The number of amides is 2. The second-order valence-electron chi connectivity index (χ2n) is 8.24. The highest BCUT2D eigenvalue weighted by Crippen LogP contribution is 2.24. The van der Waals surface area contributed by atoms with E-state index in [1.165, 1.54) is 36.9 Å². The van der Waals surface area contributed by atoms with Gasteiger partial charge in [0.1, 0.15) is 10.0 Å². The molecule has 38 heavy (non-hydrogen) atoms. The van der Waals surface area contributed by atoms with Gasteiger partial charge in [-0.3, -0.25) is 20.2 Å². The Kier molecular flexibility index (Phi) is 9.98. The summed E-state index contributed by atoms with van der Waals surface area (Å²) in [5.41, 5.74) is 1.54. The molecule has 10 nitrogen and oxygen atoms in total. The summed E-state index contributed by atoms with van der Waals surface area (Å²) < 4.78 is 10.7. The van der Waals surface area contributed by atoms with E-state index < -0.39 is 12.2 Å². The molecule has 0 spiro atoms. The summed E-state index contributed by atoms with van der Waals surface area (Å²) in [7, 11) is 3.00. The quantitative estimate of drug-likeness (QED) is 0.230. The predicted molar refractivity (Wildman–Crippen MR) is 146 cm³/mol. The van der Waals surface area contributed by atoms with Crippen LogP contribution in [0.15, 0.2) is 60.7 Å². The summed E-state index contributed by atoms with van der Waals surface area (Å²) in [6.07, 6.45) is 1.76. The number of carbonyl (C=O) groups excluding carboxylic acids is 2. The minimum atomic E-state index is -0.719. The Morgan fingerprint density at radius 3 is 1.45 bits per heavy atom. The van der Waals surface area contributed by atoms with Crippen LogP contribution in [0.3, 0.4) is 0 Å². The third kappa shape index (κ3) is 7.48. The molecule has 2 atom stereocenters. The van der Waals surface area contributed by atoms with Crippen LogP contribution in [0.2, 0.25) is 0 Å². The number of nitrogens with zero attached hydrogens (tertiary/aromatic N) is 4. The molecule has 0 aliphatic carbocycles. The normalized spacial score (nSPS) is 12.6. The average molecular weight is 553 g/mol. The van der Waals surface area contributed by atoms with Gasteiger partial charge in [0, 0.05) is 27.1 Å². The van der Waals surface area contributed by atoms with E-state index in [4.69, 9.17) is 9.47 Å². The number of aryl methyl sites for hydroxylation is 2. The first kappa shape index (κ1) is 27.5. The van der Waals surface area contributed by atoms with Crippen LogP contribution in [0.1, 0.15) is 46.2 Å². The van der Waals surface area contributed by atoms with Gasteiger partial charge in [0.05, 0.1) is 0 Å². The van der Waals surface area contributed by atoms with Gasteiger partial charge < -0.3 is 9.47 Å². The molecule has 0 unspecified atom stereocenters. The Hall–Kier alpha value is -3.58. The van der Waals surface area contributed by atoms with Crippen LogP contribution in [-0.2, 0) is 31.9 Å². The molecule has 2 aromatic heterocycles. The Morgan fingerprint density at radius 1 is 0.684 bits per heavy atom. The molecule has 0 aliphatic rings. The van der Waals surface area contributed by atoms with Crippen molar-refractivity contribution in [2.75, 3.05) is 24.9 Å². The van der Waals surface area contributed by atoms with Gasteiger partial charge in [-0.2, -0.15) is 0 Å². The number of rotatable bonds is 13. The number of ether oxygens (including phenoxy) is 2. The third-order valence-electron chi connectivity index (χ3n) is 5.58. The first-order chi connectivity index (χ1) is 18.6. The van der Waals surface area contributed by atoms with Gasteiger partial charge >= 0.3 is 0 Å². The molecular formula is C26H28N6O4S2. The average Bonchev–Trinajstić information content (AvgIpc) is 3.58. The van der Waals surface area contributed by atoms with Crippen LogP contribution in [0, 0.1) is 0 Å². The van der Waals surface area contributed by atoms with Crippen molar-refractivity contribution in [3.63, 3.8) is 0 Å². The first-order valence-electron chi connectivity index (χ1n) is 12.0. The maximum absolute atomic E-state index is 12.6. The van der Waals surface area contributed by atoms with E-state index in [-0.39, 0.29) is 11.8 Å². The lowest BCUT2D eigenvalue weighted by atomic mass is 10.1. The maximum Gasteiger partial charge on any atom is 0.259 e. The maximum atomic E-state index is 12.6. The summed E-state index contributed by atoms with van der Waals surface area (Å²) in [6, 6.07) is 18.6. The number of benzene rings is 2. The SMILES string of the molecule is CO[C@H](C(=O)Nc1nnc(CCCCc2nnc(NC(=O)[C@@H](OC)c3ccccc3)s2)s1)c1ccccc1. The third-order valence-corrected chi connectivity index (χ3v) is 7.37. The van der Waals surface area contributed by atoms with Gasteiger partial charge in [0.2, 0.25) is 10.3 Å². The molecule has 0 aliphatic heterocycles. The zero-order chi connectivity index (χ0) is 26.7. The van der Waals surface area contributed by atoms with Crippen molar-refractivity contribution in [1.29, 1.82) is 0 Å². The Morgan fingerprint density at radius 2 is 1.08 bits per heavy atom. The summed E-state index contributed by atoms with van der Waals surface area (Å²) >= 11 is 2.70. The topological polar surface area (TPSA) is 128 Å². The summed E-state index contributed by atoms with van der Waals surface area (Å²) in [5.74, 6) is -0.581. The smallest absolute Gasteiger partial charge is 0.259 e. The highest BCUT2D eigenvalue weighted by atomic mass is 32.1. The Bertz CT molecular complexity index is 1210. The second-order valence-corrected chi connectivity index (χ2v) is 10.4. The Labute approximate surface area is 228 Å². The summed E-state index contributed by atoms with van der Waals surface area (Å²) in [6.45, 7) is 0. The largest absolute Gasteiger partial charge is 0.367 e. The molecular weight excluding hydrogens is 524 g/mol. The minimum Gasteiger partial charge on any atom is -0.367 e. The highest BCUT2D eigenvalue weighted by Gasteiger charge is 2.22. The molecule has 198 valence electrons. The second kappa shape index (κ2) is 13.8. The lowest BCUT2D eigenvalue weighted by Crippen LogP contribution is -2.22. The molecule has 0 radical (unpaired) electrons. The van der Waals surface area contributed by atoms with Crippen LogP contribution in [0.4, 0.5) is 10.3 Å². The first-order valence-corrected chi connectivity index (χ1v) is 13.6. The van der Waals surface area contributed by atoms with E-state index in [9.17, 15) is 9.59 Å². The molecule has 2 amide bonds.